The Labute approximate surface area is 160 Å². The number of anilines is 2. The molecule has 0 aliphatic carbocycles. The highest BCUT2D eigenvalue weighted by Gasteiger charge is 2.19. The Balaban J connectivity index is 1.42. The van der Waals surface area contributed by atoms with Gasteiger partial charge in [0.25, 0.3) is 5.89 Å². The Hall–Kier alpha value is -2.30. The summed E-state index contributed by atoms with van der Waals surface area (Å²) in [6, 6.07) is 10.1. The largest absolute Gasteiger partial charge is 0.419 e. The van der Waals surface area contributed by atoms with Gasteiger partial charge in [0, 0.05) is 5.69 Å². The predicted octanol–water partition coefficient (Wildman–Crippen LogP) is 5.39. The normalized spacial score (nSPS) is 12.2. The Morgan fingerprint density at radius 2 is 2.08 bits per heavy atom. The number of nitrogens with zero attached hydrogens (tertiary/aromatic N) is 4. The monoisotopic (exact) mass is 405 g/mol. The Bertz CT molecular complexity index is 1000. The van der Waals surface area contributed by atoms with Gasteiger partial charge in [-0.25, -0.2) is 4.39 Å². The van der Waals surface area contributed by atoms with Gasteiger partial charge in [-0.05, 0) is 36.6 Å². The molecule has 10 heteroatoms. The number of hydrogen-bond acceptors (Lipinski definition) is 9. The highest BCUT2D eigenvalue weighted by Crippen LogP contribution is 2.38. The fourth-order valence-electron chi connectivity index (χ4n) is 2.10. The van der Waals surface area contributed by atoms with E-state index in [0.717, 1.165) is 9.22 Å². The fraction of sp³-hybridized carbons (Fsp3) is 0.125. The second kappa shape index (κ2) is 7.52. The molecular formula is C16H12FN5OS3. The molecule has 0 radical (unpaired) electrons. The summed E-state index contributed by atoms with van der Waals surface area (Å²) in [5, 5.41) is 22.0. The summed E-state index contributed by atoms with van der Waals surface area (Å²) in [4.78, 5) is 0.943. The van der Waals surface area contributed by atoms with Gasteiger partial charge in [0.15, 0.2) is 4.34 Å². The first kappa shape index (κ1) is 17.1. The van der Waals surface area contributed by atoms with Crippen LogP contribution in [0.2, 0.25) is 0 Å². The highest BCUT2D eigenvalue weighted by molar-refractivity contribution is 8.01. The third-order valence-corrected chi connectivity index (χ3v) is 6.15. The van der Waals surface area contributed by atoms with E-state index in [1.807, 2.05) is 24.4 Å². The van der Waals surface area contributed by atoms with Crippen LogP contribution in [0, 0.1) is 5.82 Å². The molecule has 3 heterocycles. The van der Waals surface area contributed by atoms with Crippen LogP contribution in [0.1, 0.15) is 18.1 Å². The molecule has 3 aromatic heterocycles. The van der Waals surface area contributed by atoms with Gasteiger partial charge in [-0.3, -0.25) is 0 Å². The van der Waals surface area contributed by atoms with Crippen LogP contribution in [0.3, 0.4) is 0 Å². The van der Waals surface area contributed by atoms with Crippen molar-refractivity contribution in [2.75, 3.05) is 5.32 Å². The minimum absolute atomic E-state index is 0.0637. The zero-order valence-electron chi connectivity index (χ0n) is 13.4. The van der Waals surface area contributed by atoms with Crippen molar-refractivity contribution in [3.8, 4) is 10.8 Å². The van der Waals surface area contributed by atoms with E-state index >= 15 is 0 Å². The molecule has 1 atom stereocenters. The van der Waals surface area contributed by atoms with Gasteiger partial charge in [0.05, 0.1) is 10.1 Å². The Morgan fingerprint density at radius 3 is 2.88 bits per heavy atom. The summed E-state index contributed by atoms with van der Waals surface area (Å²) < 4.78 is 19.7. The number of hydrogen-bond donors (Lipinski definition) is 1. The standard InChI is InChI=1S/C16H12FN5OS3/c1-9(13-19-20-14(23-13)12-6-3-7-24-12)25-16-22-21-15(26-16)18-11-5-2-4-10(17)8-11/h2-9H,1H3,(H,18,21). The smallest absolute Gasteiger partial charge is 0.257 e. The van der Waals surface area contributed by atoms with E-state index in [2.05, 4.69) is 25.7 Å². The molecule has 0 amide bonds. The van der Waals surface area contributed by atoms with Crippen LogP contribution in [-0.2, 0) is 0 Å². The van der Waals surface area contributed by atoms with Crippen molar-refractivity contribution in [1.82, 2.24) is 20.4 Å². The molecule has 0 bridgehead atoms. The lowest BCUT2D eigenvalue weighted by Crippen LogP contribution is -1.89. The Kier molecular flexibility index (Phi) is 4.96. The third-order valence-electron chi connectivity index (χ3n) is 3.28. The molecule has 0 aliphatic rings. The molecule has 26 heavy (non-hydrogen) atoms. The molecule has 6 nitrogen and oxygen atoms in total. The molecular weight excluding hydrogens is 393 g/mol. The van der Waals surface area contributed by atoms with E-state index in [1.165, 1.54) is 35.2 Å². The maximum absolute atomic E-state index is 13.2. The van der Waals surface area contributed by atoms with E-state index in [1.54, 1.807) is 23.5 Å². The van der Waals surface area contributed by atoms with Gasteiger partial charge in [-0.15, -0.1) is 31.7 Å². The van der Waals surface area contributed by atoms with E-state index in [0.29, 0.717) is 22.6 Å². The molecule has 1 aromatic carbocycles. The summed E-state index contributed by atoms with van der Waals surface area (Å²) in [6.45, 7) is 1.97. The van der Waals surface area contributed by atoms with E-state index in [9.17, 15) is 4.39 Å². The molecule has 1 unspecified atom stereocenters. The van der Waals surface area contributed by atoms with Crippen molar-refractivity contribution in [1.29, 1.82) is 0 Å². The van der Waals surface area contributed by atoms with E-state index < -0.39 is 0 Å². The summed E-state index contributed by atoms with van der Waals surface area (Å²) in [5.74, 6) is 0.752. The highest BCUT2D eigenvalue weighted by atomic mass is 32.2. The lowest BCUT2D eigenvalue weighted by atomic mass is 10.3. The zero-order valence-corrected chi connectivity index (χ0v) is 15.9. The van der Waals surface area contributed by atoms with Crippen molar-refractivity contribution < 1.29 is 8.81 Å². The second-order valence-corrected chi connectivity index (χ2v) is 8.70. The summed E-state index contributed by atoms with van der Waals surface area (Å²) >= 11 is 4.41. The summed E-state index contributed by atoms with van der Waals surface area (Å²) in [6.07, 6.45) is 0. The van der Waals surface area contributed by atoms with Crippen molar-refractivity contribution in [2.45, 2.75) is 16.5 Å². The molecule has 0 spiro atoms. The number of nitrogens with one attached hydrogen (secondary N) is 1. The topological polar surface area (TPSA) is 76.7 Å². The van der Waals surface area contributed by atoms with Crippen LogP contribution >= 0.6 is 34.4 Å². The number of thioether (sulfide) groups is 1. The first-order valence-corrected chi connectivity index (χ1v) is 10.1. The van der Waals surface area contributed by atoms with Crippen molar-refractivity contribution in [3.05, 3.63) is 53.5 Å². The quantitative estimate of drug-likeness (QED) is 0.431. The van der Waals surface area contributed by atoms with Gasteiger partial charge in [-0.2, -0.15) is 0 Å². The van der Waals surface area contributed by atoms with Crippen LogP contribution in [0.4, 0.5) is 15.2 Å². The lowest BCUT2D eigenvalue weighted by Gasteiger charge is -2.02. The van der Waals surface area contributed by atoms with Gasteiger partial charge in [0.2, 0.25) is 11.0 Å². The van der Waals surface area contributed by atoms with Crippen LogP contribution in [-0.4, -0.2) is 20.4 Å². The third kappa shape index (κ3) is 3.92. The van der Waals surface area contributed by atoms with Gasteiger partial charge >= 0.3 is 0 Å². The van der Waals surface area contributed by atoms with Crippen LogP contribution < -0.4 is 5.32 Å². The van der Waals surface area contributed by atoms with E-state index in [-0.39, 0.29) is 11.1 Å². The second-order valence-electron chi connectivity index (χ2n) is 5.19. The zero-order chi connectivity index (χ0) is 17.9. The summed E-state index contributed by atoms with van der Waals surface area (Å²) in [7, 11) is 0. The number of rotatable bonds is 6. The lowest BCUT2D eigenvalue weighted by molar-refractivity contribution is 0.510. The van der Waals surface area contributed by atoms with Crippen LogP contribution in [0.25, 0.3) is 10.8 Å². The van der Waals surface area contributed by atoms with Crippen molar-refractivity contribution in [2.24, 2.45) is 0 Å². The maximum Gasteiger partial charge on any atom is 0.257 e. The number of benzene rings is 1. The first-order chi connectivity index (χ1) is 12.7. The summed E-state index contributed by atoms with van der Waals surface area (Å²) in [5.41, 5.74) is 0.628. The van der Waals surface area contributed by atoms with E-state index in [4.69, 9.17) is 4.42 Å². The van der Waals surface area contributed by atoms with Crippen LogP contribution in [0.5, 0.6) is 0 Å². The minimum atomic E-state index is -0.305. The SMILES string of the molecule is CC(Sc1nnc(Nc2cccc(F)c2)s1)c1nnc(-c2cccs2)o1. The van der Waals surface area contributed by atoms with Crippen LogP contribution in [0.15, 0.2) is 50.5 Å². The average molecular weight is 406 g/mol. The van der Waals surface area contributed by atoms with Crippen molar-refractivity contribution in [3.63, 3.8) is 0 Å². The number of thiophene rings is 1. The molecule has 0 saturated heterocycles. The number of aromatic nitrogens is 4. The predicted molar refractivity (Wildman–Crippen MR) is 101 cm³/mol. The number of halogens is 1. The molecule has 1 N–H and O–H groups in total. The molecule has 0 aliphatic heterocycles. The van der Waals surface area contributed by atoms with Crippen molar-refractivity contribution >= 4 is 45.3 Å². The Morgan fingerprint density at radius 1 is 1.15 bits per heavy atom. The molecule has 0 saturated carbocycles. The first-order valence-electron chi connectivity index (χ1n) is 7.57. The maximum atomic E-state index is 13.2. The molecule has 4 rings (SSSR count). The fourth-order valence-corrected chi connectivity index (χ4v) is 4.69. The molecule has 0 fully saturated rings. The molecule has 132 valence electrons. The molecule has 4 aromatic rings. The average Bonchev–Trinajstić information content (AvgIpc) is 3.36. The van der Waals surface area contributed by atoms with Gasteiger partial charge in [-0.1, -0.05) is 35.2 Å². The van der Waals surface area contributed by atoms with Gasteiger partial charge < -0.3 is 9.73 Å². The minimum Gasteiger partial charge on any atom is -0.419 e. The van der Waals surface area contributed by atoms with Gasteiger partial charge in [0.1, 0.15) is 5.82 Å².